The van der Waals surface area contributed by atoms with Crippen molar-refractivity contribution in [3.63, 3.8) is 0 Å². The summed E-state index contributed by atoms with van der Waals surface area (Å²) in [6.45, 7) is 8.06. The molecule has 0 aromatic rings. The second-order valence-electron chi connectivity index (χ2n) is 5.22. The van der Waals surface area contributed by atoms with Gasteiger partial charge in [-0.15, -0.1) is 0 Å². The van der Waals surface area contributed by atoms with E-state index in [2.05, 4.69) is 22.9 Å². The molecule has 2 unspecified atom stereocenters. The summed E-state index contributed by atoms with van der Waals surface area (Å²) in [6.07, 6.45) is 0.964. The van der Waals surface area contributed by atoms with Gasteiger partial charge < -0.3 is 0 Å². The summed E-state index contributed by atoms with van der Waals surface area (Å²) >= 11 is 3.41. The molecular formula is C10H20BrNO2S. The summed E-state index contributed by atoms with van der Waals surface area (Å²) in [5.41, 5.74) is 0. The van der Waals surface area contributed by atoms with Gasteiger partial charge in [-0.25, -0.2) is 8.42 Å². The van der Waals surface area contributed by atoms with Gasteiger partial charge in [-0.1, -0.05) is 22.9 Å². The molecule has 90 valence electrons. The zero-order valence-electron chi connectivity index (χ0n) is 9.83. The topological polar surface area (TPSA) is 37.4 Å². The van der Waals surface area contributed by atoms with Crippen molar-refractivity contribution in [1.29, 1.82) is 0 Å². The van der Waals surface area contributed by atoms with Crippen LogP contribution in [0.2, 0.25) is 0 Å². The fourth-order valence-corrected chi connectivity index (χ4v) is 4.72. The van der Waals surface area contributed by atoms with E-state index in [-0.39, 0.29) is 6.04 Å². The lowest BCUT2D eigenvalue weighted by Gasteiger charge is -2.31. The molecule has 2 atom stereocenters. The molecule has 0 radical (unpaired) electrons. The summed E-state index contributed by atoms with van der Waals surface area (Å²) < 4.78 is 25.5. The molecule has 0 aromatic carbocycles. The van der Waals surface area contributed by atoms with Gasteiger partial charge in [0.15, 0.2) is 0 Å². The zero-order chi connectivity index (χ0) is 11.9. The van der Waals surface area contributed by atoms with Gasteiger partial charge in [0.05, 0.1) is 4.75 Å². The second kappa shape index (κ2) is 4.34. The average Bonchev–Trinajstić information content (AvgIpc) is 2.44. The standard InChI is InChI=1S/C10H20BrNO2S/c1-8-5-6-12(9(8)7-11)15(13,14)10(2,3)4/h8-9H,5-7H2,1-4H3. The van der Waals surface area contributed by atoms with Crippen LogP contribution in [0, 0.1) is 5.92 Å². The molecule has 1 aliphatic heterocycles. The Morgan fingerprint density at radius 3 is 2.33 bits per heavy atom. The zero-order valence-corrected chi connectivity index (χ0v) is 12.2. The first-order chi connectivity index (χ1) is 6.71. The highest BCUT2D eigenvalue weighted by Gasteiger charge is 2.43. The monoisotopic (exact) mass is 297 g/mol. The third kappa shape index (κ3) is 2.39. The highest BCUT2D eigenvalue weighted by atomic mass is 79.9. The van der Waals surface area contributed by atoms with Crippen LogP contribution in [0.15, 0.2) is 0 Å². The van der Waals surface area contributed by atoms with Crippen LogP contribution in [0.1, 0.15) is 34.1 Å². The first-order valence-electron chi connectivity index (χ1n) is 5.29. The maximum Gasteiger partial charge on any atom is 0.219 e. The maximum atomic E-state index is 12.3. The van der Waals surface area contributed by atoms with Gasteiger partial charge in [-0.2, -0.15) is 4.31 Å². The highest BCUT2D eigenvalue weighted by molar-refractivity contribution is 9.09. The molecule has 0 bridgehead atoms. The van der Waals surface area contributed by atoms with E-state index in [1.54, 1.807) is 25.1 Å². The number of hydrogen-bond acceptors (Lipinski definition) is 2. The van der Waals surface area contributed by atoms with E-state index in [1.165, 1.54) is 0 Å². The molecule has 0 aromatic heterocycles. The molecule has 15 heavy (non-hydrogen) atoms. The lowest BCUT2D eigenvalue weighted by Crippen LogP contribution is -2.46. The summed E-state index contributed by atoms with van der Waals surface area (Å²) in [4.78, 5) is 0. The number of alkyl halides is 1. The van der Waals surface area contributed by atoms with Crippen LogP contribution in [0.3, 0.4) is 0 Å². The molecule has 1 saturated heterocycles. The van der Waals surface area contributed by atoms with Gasteiger partial charge in [0.2, 0.25) is 10.0 Å². The Hall–Kier alpha value is 0.390. The number of hydrogen-bond donors (Lipinski definition) is 0. The van der Waals surface area contributed by atoms with Crippen LogP contribution in [0.4, 0.5) is 0 Å². The Morgan fingerprint density at radius 2 is 1.93 bits per heavy atom. The van der Waals surface area contributed by atoms with Crippen LogP contribution in [-0.2, 0) is 10.0 Å². The third-order valence-electron chi connectivity index (χ3n) is 3.07. The molecular weight excluding hydrogens is 278 g/mol. The normalized spacial score (nSPS) is 29.7. The van der Waals surface area contributed by atoms with Crippen molar-refractivity contribution >= 4 is 26.0 Å². The SMILES string of the molecule is CC1CCN(S(=O)(=O)C(C)(C)C)C1CBr. The van der Waals surface area contributed by atoms with Gasteiger partial charge in [-0.3, -0.25) is 0 Å². The van der Waals surface area contributed by atoms with Crippen LogP contribution < -0.4 is 0 Å². The number of sulfonamides is 1. The molecule has 0 aliphatic carbocycles. The summed E-state index contributed by atoms with van der Waals surface area (Å²) in [5.74, 6) is 0.446. The van der Waals surface area contributed by atoms with Gasteiger partial charge in [-0.05, 0) is 33.1 Å². The van der Waals surface area contributed by atoms with Crippen molar-refractivity contribution in [2.45, 2.75) is 44.9 Å². The average molecular weight is 298 g/mol. The van der Waals surface area contributed by atoms with Gasteiger partial charge >= 0.3 is 0 Å². The molecule has 1 aliphatic rings. The molecule has 1 heterocycles. The summed E-state index contributed by atoms with van der Waals surface area (Å²) in [7, 11) is -3.17. The van der Waals surface area contributed by atoms with Crippen LogP contribution in [0.5, 0.6) is 0 Å². The van der Waals surface area contributed by atoms with E-state index in [9.17, 15) is 8.42 Å². The predicted octanol–water partition coefficient (Wildman–Crippen LogP) is 2.22. The molecule has 1 rings (SSSR count). The predicted molar refractivity (Wildman–Crippen MR) is 66.7 cm³/mol. The molecule has 1 fully saturated rings. The van der Waals surface area contributed by atoms with E-state index < -0.39 is 14.8 Å². The highest BCUT2D eigenvalue weighted by Crippen LogP contribution is 2.32. The van der Waals surface area contributed by atoms with Crippen LogP contribution in [-0.4, -0.2) is 35.4 Å². The smallest absolute Gasteiger partial charge is 0.212 e. The number of rotatable bonds is 2. The van der Waals surface area contributed by atoms with E-state index in [0.29, 0.717) is 12.5 Å². The lowest BCUT2D eigenvalue weighted by atomic mass is 10.1. The second-order valence-corrected chi connectivity index (χ2v) is 8.51. The Kier molecular flexibility index (Phi) is 3.89. The Labute approximate surface area is 101 Å². The van der Waals surface area contributed by atoms with Crippen molar-refractivity contribution in [3.8, 4) is 0 Å². The minimum Gasteiger partial charge on any atom is -0.212 e. The first-order valence-corrected chi connectivity index (χ1v) is 7.85. The van der Waals surface area contributed by atoms with Gasteiger partial charge in [0.1, 0.15) is 0 Å². The molecule has 5 heteroatoms. The van der Waals surface area contributed by atoms with E-state index >= 15 is 0 Å². The minimum absolute atomic E-state index is 0.120. The quantitative estimate of drug-likeness (QED) is 0.733. The maximum absolute atomic E-state index is 12.3. The van der Waals surface area contributed by atoms with E-state index in [0.717, 1.165) is 11.8 Å². The minimum atomic E-state index is -3.17. The first kappa shape index (κ1) is 13.5. The van der Waals surface area contributed by atoms with E-state index in [4.69, 9.17) is 0 Å². The van der Waals surface area contributed by atoms with Crippen LogP contribution >= 0.6 is 15.9 Å². The van der Waals surface area contributed by atoms with Crippen molar-refractivity contribution in [2.75, 3.05) is 11.9 Å². The van der Waals surface area contributed by atoms with Crippen molar-refractivity contribution < 1.29 is 8.42 Å². The van der Waals surface area contributed by atoms with Crippen LogP contribution in [0.25, 0.3) is 0 Å². The fourth-order valence-electron chi connectivity index (χ4n) is 1.85. The number of halogens is 1. The summed E-state index contributed by atoms with van der Waals surface area (Å²) in [5, 5.41) is 0.726. The van der Waals surface area contributed by atoms with Crippen molar-refractivity contribution in [3.05, 3.63) is 0 Å². The Balaban J connectivity index is 2.99. The molecule has 0 amide bonds. The van der Waals surface area contributed by atoms with Crippen molar-refractivity contribution in [1.82, 2.24) is 4.31 Å². The van der Waals surface area contributed by atoms with Gasteiger partial charge in [0.25, 0.3) is 0 Å². The van der Waals surface area contributed by atoms with Crippen molar-refractivity contribution in [2.24, 2.45) is 5.92 Å². The molecule has 0 N–H and O–H groups in total. The Morgan fingerprint density at radius 1 is 1.40 bits per heavy atom. The van der Waals surface area contributed by atoms with Gasteiger partial charge in [0, 0.05) is 17.9 Å². The lowest BCUT2D eigenvalue weighted by molar-refractivity contribution is 0.366. The molecule has 3 nitrogen and oxygen atoms in total. The molecule has 0 saturated carbocycles. The summed E-state index contributed by atoms with van der Waals surface area (Å²) in [6, 6.07) is 0.120. The van der Waals surface area contributed by atoms with E-state index in [1.807, 2.05) is 0 Å². The Bertz CT molecular complexity index is 321. The largest absolute Gasteiger partial charge is 0.219 e. The fraction of sp³-hybridized carbons (Fsp3) is 1.00. The number of nitrogens with zero attached hydrogens (tertiary/aromatic N) is 1. The third-order valence-corrected chi connectivity index (χ3v) is 6.35. The molecule has 0 spiro atoms.